The lowest BCUT2D eigenvalue weighted by Crippen LogP contribution is -2.44. The first-order valence-electron chi connectivity index (χ1n) is 10.2. The molecule has 2 aromatic rings. The van der Waals surface area contributed by atoms with E-state index in [4.69, 9.17) is 4.42 Å². The van der Waals surface area contributed by atoms with Gasteiger partial charge in [-0.1, -0.05) is 36.4 Å². The molecule has 7 nitrogen and oxygen atoms in total. The Bertz CT molecular complexity index is 968. The molecular weight excluding hydrogens is 382 g/mol. The lowest BCUT2D eigenvalue weighted by molar-refractivity contribution is -0.138. The van der Waals surface area contributed by atoms with Crippen LogP contribution in [0.4, 0.5) is 4.79 Å². The van der Waals surface area contributed by atoms with Crippen LogP contribution < -0.4 is 5.32 Å². The zero-order chi connectivity index (χ0) is 21.1. The Labute approximate surface area is 175 Å². The maximum Gasteiger partial charge on any atom is 0.325 e. The number of amides is 4. The van der Waals surface area contributed by atoms with E-state index in [0.29, 0.717) is 11.3 Å². The van der Waals surface area contributed by atoms with E-state index >= 15 is 0 Å². The van der Waals surface area contributed by atoms with E-state index < -0.39 is 17.5 Å². The van der Waals surface area contributed by atoms with Crippen LogP contribution in [0.15, 0.2) is 64.9 Å². The standard InChI is InChI=1S/C23H25N3O4/c1-23(17-9-4-2-5-10-17)21(28)26(22(29)24-23)16-20(27)25(15-19-13-8-14-30-19)18-11-6-3-7-12-18/h2,4-5,8-11,13-14H,3,6-7,12,15-16H2,1H3,(H,24,29). The second kappa shape index (κ2) is 8.18. The Balaban J connectivity index is 1.55. The zero-order valence-electron chi connectivity index (χ0n) is 17.0. The van der Waals surface area contributed by atoms with Crippen molar-refractivity contribution in [2.45, 2.75) is 44.7 Å². The summed E-state index contributed by atoms with van der Waals surface area (Å²) in [6.45, 7) is 1.62. The molecule has 0 radical (unpaired) electrons. The van der Waals surface area contributed by atoms with Crippen molar-refractivity contribution in [2.75, 3.05) is 6.54 Å². The highest BCUT2D eigenvalue weighted by atomic mass is 16.3. The van der Waals surface area contributed by atoms with Gasteiger partial charge >= 0.3 is 6.03 Å². The van der Waals surface area contributed by atoms with Crippen molar-refractivity contribution in [3.05, 3.63) is 71.8 Å². The van der Waals surface area contributed by atoms with Gasteiger partial charge in [0, 0.05) is 5.70 Å². The molecule has 0 bridgehead atoms. The number of benzene rings is 1. The van der Waals surface area contributed by atoms with E-state index in [1.807, 2.05) is 24.3 Å². The van der Waals surface area contributed by atoms with Crippen LogP contribution in [0.3, 0.4) is 0 Å². The third-order valence-corrected chi connectivity index (χ3v) is 5.73. The Morgan fingerprint density at radius 3 is 2.63 bits per heavy atom. The molecule has 30 heavy (non-hydrogen) atoms. The molecule has 156 valence electrons. The van der Waals surface area contributed by atoms with Crippen LogP contribution in [0.25, 0.3) is 0 Å². The average Bonchev–Trinajstić information content (AvgIpc) is 3.36. The Morgan fingerprint density at radius 1 is 1.17 bits per heavy atom. The van der Waals surface area contributed by atoms with Crippen LogP contribution in [0, 0.1) is 0 Å². The van der Waals surface area contributed by atoms with Gasteiger partial charge in [-0.3, -0.25) is 14.5 Å². The van der Waals surface area contributed by atoms with Crippen LogP contribution in [-0.2, 0) is 21.7 Å². The second-order valence-electron chi connectivity index (χ2n) is 7.81. The van der Waals surface area contributed by atoms with Crippen molar-refractivity contribution in [1.82, 2.24) is 15.1 Å². The third kappa shape index (κ3) is 3.75. The van der Waals surface area contributed by atoms with E-state index in [1.165, 1.54) is 0 Å². The number of furan rings is 1. The molecule has 1 aromatic carbocycles. The summed E-state index contributed by atoms with van der Waals surface area (Å²) in [7, 11) is 0. The molecular formula is C23H25N3O4. The van der Waals surface area contributed by atoms with E-state index in [2.05, 4.69) is 11.4 Å². The van der Waals surface area contributed by atoms with Crippen molar-refractivity contribution in [2.24, 2.45) is 0 Å². The molecule has 1 unspecified atom stereocenters. The van der Waals surface area contributed by atoms with Crippen molar-refractivity contribution in [1.29, 1.82) is 0 Å². The molecule has 4 rings (SSSR count). The second-order valence-corrected chi connectivity index (χ2v) is 7.81. The summed E-state index contributed by atoms with van der Waals surface area (Å²) in [5, 5.41) is 2.75. The quantitative estimate of drug-likeness (QED) is 0.743. The monoisotopic (exact) mass is 407 g/mol. The minimum absolute atomic E-state index is 0.275. The van der Waals surface area contributed by atoms with Gasteiger partial charge in [-0.2, -0.15) is 0 Å². The number of hydrogen-bond acceptors (Lipinski definition) is 4. The molecule has 1 aliphatic heterocycles. The molecule has 1 atom stereocenters. The molecule has 1 saturated heterocycles. The van der Waals surface area contributed by atoms with Crippen LogP contribution in [-0.4, -0.2) is 34.2 Å². The first kappa shape index (κ1) is 19.9. The Kier molecular flexibility index (Phi) is 5.44. The summed E-state index contributed by atoms with van der Waals surface area (Å²) in [5.74, 6) is -0.0795. The summed E-state index contributed by atoms with van der Waals surface area (Å²) in [6, 6.07) is 12.1. The number of nitrogens with zero attached hydrogens (tertiary/aromatic N) is 2. The molecule has 2 aliphatic rings. The first-order valence-corrected chi connectivity index (χ1v) is 10.2. The van der Waals surface area contributed by atoms with E-state index in [-0.39, 0.29) is 19.0 Å². The molecule has 1 fully saturated rings. The first-order chi connectivity index (χ1) is 14.5. The number of nitrogens with one attached hydrogen (secondary N) is 1. The van der Waals surface area contributed by atoms with Gasteiger partial charge in [-0.15, -0.1) is 0 Å². The maximum absolute atomic E-state index is 13.2. The molecule has 0 spiro atoms. The topological polar surface area (TPSA) is 82.9 Å². The minimum Gasteiger partial charge on any atom is -0.467 e. The number of urea groups is 1. The largest absolute Gasteiger partial charge is 0.467 e. The van der Waals surface area contributed by atoms with E-state index in [9.17, 15) is 14.4 Å². The normalized spacial score (nSPS) is 21.4. The number of rotatable bonds is 6. The Hall–Kier alpha value is -3.35. The highest BCUT2D eigenvalue weighted by molar-refractivity contribution is 6.09. The summed E-state index contributed by atoms with van der Waals surface area (Å²) >= 11 is 0. The Morgan fingerprint density at radius 2 is 1.97 bits per heavy atom. The van der Waals surface area contributed by atoms with E-state index in [0.717, 1.165) is 36.3 Å². The van der Waals surface area contributed by atoms with Crippen LogP contribution >= 0.6 is 0 Å². The van der Waals surface area contributed by atoms with Crippen LogP contribution in [0.1, 0.15) is 43.9 Å². The number of allylic oxidation sites excluding steroid dienone is 2. The van der Waals surface area contributed by atoms with Crippen molar-refractivity contribution >= 4 is 17.8 Å². The van der Waals surface area contributed by atoms with Gasteiger partial charge in [0.15, 0.2) is 0 Å². The van der Waals surface area contributed by atoms with Crippen molar-refractivity contribution < 1.29 is 18.8 Å². The van der Waals surface area contributed by atoms with Crippen molar-refractivity contribution in [3.63, 3.8) is 0 Å². The van der Waals surface area contributed by atoms with Gasteiger partial charge in [0.05, 0.1) is 12.8 Å². The van der Waals surface area contributed by atoms with Gasteiger partial charge in [0.25, 0.3) is 5.91 Å². The fraction of sp³-hybridized carbons (Fsp3) is 0.348. The summed E-state index contributed by atoms with van der Waals surface area (Å²) in [5.41, 5.74) is 0.412. The number of imide groups is 1. The van der Waals surface area contributed by atoms with Crippen molar-refractivity contribution in [3.8, 4) is 0 Å². The maximum atomic E-state index is 13.2. The SMILES string of the molecule is CC1(c2ccccc2)NC(=O)N(CC(=O)N(Cc2ccco2)C2=CCCCC2)C1=O. The summed E-state index contributed by atoms with van der Waals surface area (Å²) < 4.78 is 5.43. The molecule has 1 N–H and O–H groups in total. The van der Waals surface area contributed by atoms with Gasteiger partial charge in [-0.25, -0.2) is 4.79 Å². The average molecular weight is 407 g/mol. The molecule has 2 heterocycles. The molecule has 7 heteroatoms. The summed E-state index contributed by atoms with van der Waals surface area (Å²) in [6.07, 6.45) is 7.42. The highest BCUT2D eigenvalue weighted by Gasteiger charge is 2.49. The number of carbonyl (C=O) groups is 3. The minimum atomic E-state index is -1.19. The molecule has 0 saturated carbocycles. The fourth-order valence-electron chi connectivity index (χ4n) is 4.00. The highest BCUT2D eigenvalue weighted by Crippen LogP contribution is 2.29. The lowest BCUT2D eigenvalue weighted by atomic mass is 9.92. The zero-order valence-corrected chi connectivity index (χ0v) is 17.0. The molecule has 1 aromatic heterocycles. The van der Waals surface area contributed by atoms with E-state index in [1.54, 1.807) is 36.3 Å². The predicted molar refractivity (Wildman–Crippen MR) is 110 cm³/mol. The van der Waals surface area contributed by atoms with Crippen LogP contribution in [0.2, 0.25) is 0 Å². The van der Waals surface area contributed by atoms with Gasteiger partial charge < -0.3 is 14.6 Å². The fourth-order valence-corrected chi connectivity index (χ4v) is 4.00. The molecule has 1 aliphatic carbocycles. The smallest absolute Gasteiger partial charge is 0.325 e. The van der Waals surface area contributed by atoms with Gasteiger partial charge in [-0.05, 0) is 50.3 Å². The summed E-state index contributed by atoms with van der Waals surface area (Å²) in [4.78, 5) is 41.6. The predicted octanol–water partition coefficient (Wildman–Crippen LogP) is 3.53. The van der Waals surface area contributed by atoms with Crippen LogP contribution in [0.5, 0.6) is 0 Å². The van der Waals surface area contributed by atoms with Gasteiger partial charge in [0.2, 0.25) is 5.91 Å². The lowest BCUT2D eigenvalue weighted by Gasteiger charge is -2.28. The number of hydrogen-bond donors (Lipinski definition) is 1. The van der Waals surface area contributed by atoms with Gasteiger partial charge in [0.1, 0.15) is 17.8 Å². The number of carbonyl (C=O) groups excluding carboxylic acids is 3. The molecule has 4 amide bonds. The third-order valence-electron chi connectivity index (χ3n) is 5.73.